The molecule has 1 aromatic carbocycles. The Morgan fingerprint density at radius 1 is 1.31 bits per heavy atom. The molecular formula is C22H32O4. The molecule has 0 unspecified atom stereocenters. The molecule has 0 aromatic heterocycles. The SMILES string of the molecule is C=CC[C@](C)(O)C[C@@]12OC(C)(C)O[C@@H]1CCC[C@@H]2OCc1ccccc1. The lowest BCUT2D eigenvalue weighted by atomic mass is 9.72. The Morgan fingerprint density at radius 3 is 2.73 bits per heavy atom. The molecule has 1 heterocycles. The molecule has 1 saturated carbocycles. The number of hydrogen-bond donors (Lipinski definition) is 1. The highest BCUT2D eigenvalue weighted by atomic mass is 16.8. The second-order valence-electron chi connectivity index (χ2n) is 8.45. The first kappa shape index (κ1) is 19.6. The van der Waals surface area contributed by atoms with E-state index in [0.717, 1.165) is 24.8 Å². The molecule has 4 heteroatoms. The summed E-state index contributed by atoms with van der Waals surface area (Å²) in [5.74, 6) is -0.673. The van der Waals surface area contributed by atoms with Gasteiger partial charge in [0, 0.05) is 6.42 Å². The summed E-state index contributed by atoms with van der Waals surface area (Å²) in [5, 5.41) is 10.9. The Morgan fingerprint density at radius 2 is 2.04 bits per heavy atom. The molecule has 2 fully saturated rings. The molecule has 1 aliphatic carbocycles. The van der Waals surface area contributed by atoms with E-state index in [-0.39, 0.29) is 12.2 Å². The number of benzene rings is 1. The number of aliphatic hydroxyl groups is 1. The standard InChI is InChI=1S/C22H32O4/c1-5-14-21(4,23)16-22-18(24-15-17-10-7-6-8-11-17)12-9-13-19(22)25-20(2,3)26-22/h5-8,10-11,18-19,23H,1,9,12-16H2,2-4H3/t18-,19+,21-,22-/m0/s1. The predicted octanol–water partition coefficient (Wildman–Crippen LogP) is 4.36. The summed E-state index contributed by atoms with van der Waals surface area (Å²) >= 11 is 0. The molecule has 1 saturated heterocycles. The van der Waals surface area contributed by atoms with Crippen molar-refractivity contribution in [2.24, 2.45) is 0 Å². The van der Waals surface area contributed by atoms with Gasteiger partial charge in [-0.05, 0) is 52.0 Å². The molecule has 144 valence electrons. The van der Waals surface area contributed by atoms with Gasteiger partial charge in [0.25, 0.3) is 0 Å². The first-order valence-electron chi connectivity index (χ1n) is 9.63. The van der Waals surface area contributed by atoms with Crippen LogP contribution in [0.2, 0.25) is 0 Å². The van der Waals surface area contributed by atoms with E-state index >= 15 is 0 Å². The Labute approximate surface area is 157 Å². The first-order chi connectivity index (χ1) is 12.3. The van der Waals surface area contributed by atoms with Gasteiger partial charge in [-0.1, -0.05) is 36.4 Å². The van der Waals surface area contributed by atoms with Crippen molar-refractivity contribution in [1.29, 1.82) is 0 Å². The summed E-state index contributed by atoms with van der Waals surface area (Å²) in [4.78, 5) is 0. The van der Waals surface area contributed by atoms with Crippen molar-refractivity contribution in [2.45, 2.75) is 88.7 Å². The van der Waals surface area contributed by atoms with Crippen LogP contribution < -0.4 is 0 Å². The molecule has 1 aromatic rings. The second kappa shape index (κ2) is 7.43. The maximum Gasteiger partial charge on any atom is 0.164 e. The monoisotopic (exact) mass is 360 g/mol. The van der Waals surface area contributed by atoms with E-state index in [4.69, 9.17) is 14.2 Å². The van der Waals surface area contributed by atoms with Crippen molar-refractivity contribution in [1.82, 2.24) is 0 Å². The van der Waals surface area contributed by atoms with Crippen molar-refractivity contribution in [2.75, 3.05) is 0 Å². The van der Waals surface area contributed by atoms with Crippen LogP contribution in [-0.2, 0) is 20.8 Å². The fourth-order valence-corrected chi connectivity index (χ4v) is 4.54. The molecule has 1 N–H and O–H groups in total. The summed E-state index contributed by atoms with van der Waals surface area (Å²) in [6, 6.07) is 10.2. The summed E-state index contributed by atoms with van der Waals surface area (Å²) < 4.78 is 19.1. The largest absolute Gasteiger partial charge is 0.390 e. The van der Waals surface area contributed by atoms with Gasteiger partial charge in [0.05, 0.1) is 24.4 Å². The van der Waals surface area contributed by atoms with Crippen molar-refractivity contribution in [3.63, 3.8) is 0 Å². The molecule has 0 spiro atoms. The van der Waals surface area contributed by atoms with Crippen LogP contribution in [0, 0.1) is 0 Å². The zero-order chi connectivity index (χ0) is 18.8. The number of ether oxygens (including phenoxy) is 3. The molecular weight excluding hydrogens is 328 g/mol. The maximum atomic E-state index is 10.9. The number of hydrogen-bond acceptors (Lipinski definition) is 4. The fourth-order valence-electron chi connectivity index (χ4n) is 4.54. The zero-order valence-electron chi connectivity index (χ0n) is 16.2. The predicted molar refractivity (Wildman–Crippen MR) is 102 cm³/mol. The van der Waals surface area contributed by atoms with Crippen molar-refractivity contribution >= 4 is 0 Å². The second-order valence-corrected chi connectivity index (χ2v) is 8.45. The van der Waals surface area contributed by atoms with Gasteiger partial charge in [-0.2, -0.15) is 0 Å². The lowest BCUT2D eigenvalue weighted by molar-refractivity contribution is -0.212. The Kier molecular flexibility index (Phi) is 5.59. The molecule has 26 heavy (non-hydrogen) atoms. The van der Waals surface area contributed by atoms with Crippen LogP contribution in [0.3, 0.4) is 0 Å². The minimum Gasteiger partial charge on any atom is -0.390 e. The van der Waals surface area contributed by atoms with E-state index in [1.165, 1.54) is 0 Å². The Bertz CT molecular complexity index is 610. The molecule has 1 aliphatic heterocycles. The van der Waals surface area contributed by atoms with Gasteiger partial charge in [0.1, 0.15) is 5.60 Å². The summed E-state index contributed by atoms with van der Waals surface area (Å²) in [6.45, 7) is 10.1. The normalized spacial score (nSPS) is 32.6. The lowest BCUT2D eigenvalue weighted by Crippen LogP contribution is -2.58. The maximum absolute atomic E-state index is 10.9. The third-order valence-electron chi connectivity index (χ3n) is 5.42. The minimum absolute atomic E-state index is 0.0664. The van der Waals surface area contributed by atoms with Crippen LogP contribution in [0.1, 0.15) is 58.4 Å². The van der Waals surface area contributed by atoms with Gasteiger partial charge < -0.3 is 19.3 Å². The topological polar surface area (TPSA) is 47.9 Å². The average molecular weight is 360 g/mol. The van der Waals surface area contributed by atoms with Crippen molar-refractivity contribution in [3.05, 3.63) is 48.6 Å². The van der Waals surface area contributed by atoms with Crippen LogP contribution in [0.15, 0.2) is 43.0 Å². The highest BCUT2D eigenvalue weighted by Crippen LogP contribution is 2.50. The van der Waals surface area contributed by atoms with Gasteiger partial charge >= 0.3 is 0 Å². The van der Waals surface area contributed by atoms with Crippen molar-refractivity contribution < 1.29 is 19.3 Å². The van der Waals surface area contributed by atoms with E-state index < -0.39 is 17.0 Å². The van der Waals surface area contributed by atoms with Crippen LogP contribution >= 0.6 is 0 Å². The lowest BCUT2D eigenvalue weighted by Gasteiger charge is -2.46. The summed E-state index contributed by atoms with van der Waals surface area (Å²) in [7, 11) is 0. The van der Waals surface area contributed by atoms with Crippen LogP contribution in [-0.4, -0.2) is 34.3 Å². The van der Waals surface area contributed by atoms with Gasteiger partial charge in [0.15, 0.2) is 5.79 Å². The highest BCUT2D eigenvalue weighted by molar-refractivity contribution is 5.14. The molecule has 0 radical (unpaired) electrons. The van der Waals surface area contributed by atoms with Gasteiger partial charge in [0.2, 0.25) is 0 Å². The van der Waals surface area contributed by atoms with Crippen LogP contribution in [0.5, 0.6) is 0 Å². The summed E-state index contributed by atoms with van der Waals surface area (Å²) in [6.07, 6.45) is 5.44. The number of fused-ring (bicyclic) bond motifs is 1. The van der Waals surface area contributed by atoms with Gasteiger partial charge in [-0.3, -0.25) is 0 Å². The van der Waals surface area contributed by atoms with Crippen LogP contribution in [0.4, 0.5) is 0 Å². The summed E-state index contributed by atoms with van der Waals surface area (Å²) in [5.41, 5.74) is -0.404. The minimum atomic E-state index is -0.907. The van der Waals surface area contributed by atoms with E-state index in [1.807, 2.05) is 39.0 Å². The quantitative estimate of drug-likeness (QED) is 0.734. The molecule has 2 aliphatic rings. The third kappa shape index (κ3) is 4.20. The smallest absolute Gasteiger partial charge is 0.164 e. The highest BCUT2D eigenvalue weighted by Gasteiger charge is 2.61. The molecule has 3 rings (SSSR count). The Hall–Kier alpha value is -1.20. The molecule has 0 bridgehead atoms. The molecule has 4 nitrogen and oxygen atoms in total. The van der Waals surface area contributed by atoms with E-state index in [1.54, 1.807) is 6.08 Å². The fraction of sp³-hybridized carbons (Fsp3) is 0.636. The zero-order valence-corrected chi connectivity index (χ0v) is 16.2. The van der Waals surface area contributed by atoms with E-state index in [2.05, 4.69) is 18.7 Å². The van der Waals surface area contributed by atoms with Crippen molar-refractivity contribution in [3.8, 4) is 0 Å². The van der Waals surface area contributed by atoms with Crippen LogP contribution in [0.25, 0.3) is 0 Å². The third-order valence-corrected chi connectivity index (χ3v) is 5.42. The molecule has 0 amide bonds. The van der Waals surface area contributed by atoms with Gasteiger partial charge in [-0.25, -0.2) is 0 Å². The van der Waals surface area contributed by atoms with E-state index in [0.29, 0.717) is 19.4 Å². The average Bonchev–Trinajstić information content (AvgIpc) is 2.83. The first-order valence-corrected chi connectivity index (χ1v) is 9.63. The van der Waals surface area contributed by atoms with Gasteiger partial charge in [-0.15, -0.1) is 6.58 Å². The Balaban J connectivity index is 1.84. The van der Waals surface area contributed by atoms with E-state index in [9.17, 15) is 5.11 Å². The number of rotatable bonds is 7. The molecule has 4 atom stereocenters.